The minimum absolute atomic E-state index is 0.470. The van der Waals surface area contributed by atoms with Gasteiger partial charge in [0.05, 0.1) is 52.0 Å². The number of nitrogens with zero attached hydrogens (tertiary/aromatic N) is 8. The Kier molecular flexibility index (Phi) is 12.8. The molecule has 0 unspecified atom stereocenters. The molecule has 8 rings (SSSR count). The summed E-state index contributed by atoms with van der Waals surface area (Å²) in [6.45, 7) is 9.00. The van der Waals surface area contributed by atoms with Gasteiger partial charge in [-0.3, -0.25) is 9.80 Å². The fourth-order valence-electron chi connectivity index (χ4n) is 7.20. The number of morpholine rings is 2. The number of methoxy groups -OCH3 is 2. The Morgan fingerprint density at radius 2 is 0.810 bits per heavy atom. The van der Waals surface area contributed by atoms with Crippen LogP contribution in [-0.4, -0.2) is 110 Å². The van der Waals surface area contributed by atoms with Crippen LogP contribution in [0.1, 0.15) is 11.1 Å². The average molecular weight is 779 g/mol. The van der Waals surface area contributed by atoms with Crippen molar-refractivity contribution < 1.29 is 18.9 Å². The molecule has 2 aliphatic heterocycles. The van der Waals surface area contributed by atoms with Gasteiger partial charge in [0, 0.05) is 75.2 Å². The van der Waals surface area contributed by atoms with Gasteiger partial charge in [-0.25, -0.2) is 30.0 Å². The van der Waals surface area contributed by atoms with E-state index in [9.17, 15) is 0 Å². The van der Waals surface area contributed by atoms with Gasteiger partial charge < -0.3 is 18.9 Å². The van der Waals surface area contributed by atoms with Crippen LogP contribution in [0.25, 0.3) is 22.3 Å². The van der Waals surface area contributed by atoms with E-state index in [1.165, 1.54) is 11.1 Å². The van der Waals surface area contributed by atoms with E-state index in [0.717, 1.165) is 124 Å². The van der Waals surface area contributed by atoms with Gasteiger partial charge in [0.1, 0.15) is 11.5 Å². The SMILES string of the molecule is COc1ccc(-c2cnc(N(c3ccc(CCN4CCOCC4)cc3)N(c3ccc(CCN4CCOCC4)cc3)c3ncc(-c4ccc(OC)cc4)cn3)nc2)cc1. The Bertz CT molecular complexity index is 2000. The van der Waals surface area contributed by atoms with Gasteiger partial charge in [-0.1, -0.05) is 48.5 Å². The van der Waals surface area contributed by atoms with Gasteiger partial charge in [0.2, 0.25) is 11.9 Å². The summed E-state index contributed by atoms with van der Waals surface area (Å²) >= 11 is 0. The highest BCUT2D eigenvalue weighted by Gasteiger charge is 2.26. The summed E-state index contributed by atoms with van der Waals surface area (Å²) in [5.41, 5.74) is 8.00. The predicted octanol–water partition coefficient (Wildman–Crippen LogP) is 7.26. The van der Waals surface area contributed by atoms with Crippen LogP contribution in [0.5, 0.6) is 11.5 Å². The topological polar surface area (TPSA) is 101 Å². The first-order valence-corrected chi connectivity index (χ1v) is 19.9. The maximum Gasteiger partial charge on any atom is 0.249 e. The van der Waals surface area contributed by atoms with E-state index in [0.29, 0.717) is 11.9 Å². The van der Waals surface area contributed by atoms with E-state index >= 15 is 0 Å². The fourth-order valence-corrected chi connectivity index (χ4v) is 7.20. The molecule has 12 heteroatoms. The Balaban J connectivity index is 1.16. The zero-order valence-corrected chi connectivity index (χ0v) is 33.2. The quantitative estimate of drug-likeness (QED) is 0.0982. The molecule has 58 heavy (non-hydrogen) atoms. The molecule has 0 aliphatic carbocycles. The second kappa shape index (κ2) is 19.0. The molecule has 2 saturated heterocycles. The highest BCUT2D eigenvalue weighted by Crippen LogP contribution is 2.35. The number of ether oxygens (including phenoxy) is 4. The van der Waals surface area contributed by atoms with E-state index < -0.39 is 0 Å². The number of hydrazine groups is 1. The molecule has 2 aromatic heterocycles. The van der Waals surface area contributed by atoms with E-state index in [2.05, 4.69) is 58.3 Å². The van der Waals surface area contributed by atoms with Crippen LogP contribution >= 0.6 is 0 Å². The maximum absolute atomic E-state index is 5.56. The zero-order chi connectivity index (χ0) is 39.5. The van der Waals surface area contributed by atoms with Crippen molar-refractivity contribution in [1.29, 1.82) is 0 Å². The molecule has 0 bridgehead atoms. The number of aromatic nitrogens is 4. The fraction of sp³-hybridized carbons (Fsp3) is 0.304. The van der Waals surface area contributed by atoms with Crippen LogP contribution < -0.4 is 19.5 Å². The van der Waals surface area contributed by atoms with Gasteiger partial charge >= 0.3 is 0 Å². The molecule has 0 saturated carbocycles. The van der Waals surface area contributed by atoms with Crippen LogP contribution in [0.4, 0.5) is 23.3 Å². The number of anilines is 4. The van der Waals surface area contributed by atoms with Crippen molar-refractivity contribution >= 4 is 23.3 Å². The summed E-state index contributed by atoms with van der Waals surface area (Å²) in [5, 5.41) is 3.99. The number of rotatable bonds is 15. The molecule has 2 fully saturated rings. The molecule has 4 aromatic carbocycles. The standard InChI is InChI=1S/C46H50N8O4/c1-55-43-15-7-37(8-16-43)39-31-47-45(48-32-39)53(41-11-3-35(4-12-41)19-21-51-23-27-57-28-24-51)54(42-13-5-36(6-14-42)20-22-52-25-29-58-30-26-52)46-49-33-40(34-50-46)38-9-17-44(56-2)18-10-38/h3-18,31-34H,19-30H2,1-2H3. The first-order chi connectivity index (χ1) is 28.6. The van der Waals surface area contributed by atoms with Gasteiger partial charge in [0.15, 0.2) is 0 Å². The van der Waals surface area contributed by atoms with Crippen LogP contribution in [0.2, 0.25) is 0 Å². The Hall–Kier alpha value is -5.92. The van der Waals surface area contributed by atoms with Gasteiger partial charge in [-0.05, 0) is 83.6 Å². The van der Waals surface area contributed by atoms with Crippen molar-refractivity contribution in [2.24, 2.45) is 0 Å². The summed E-state index contributed by atoms with van der Waals surface area (Å²) < 4.78 is 21.9. The number of benzene rings is 4. The largest absolute Gasteiger partial charge is 0.497 e. The first kappa shape index (κ1) is 38.9. The molecule has 2 aliphatic rings. The Labute approximate surface area is 340 Å². The second-order valence-corrected chi connectivity index (χ2v) is 14.4. The lowest BCUT2D eigenvalue weighted by molar-refractivity contribution is 0.0384. The van der Waals surface area contributed by atoms with Crippen molar-refractivity contribution in [3.05, 3.63) is 133 Å². The van der Waals surface area contributed by atoms with E-state index in [4.69, 9.17) is 38.9 Å². The van der Waals surface area contributed by atoms with Crippen molar-refractivity contribution in [2.75, 3.05) is 89.9 Å². The van der Waals surface area contributed by atoms with Gasteiger partial charge in [-0.15, -0.1) is 0 Å². The predicted molar refractivity (Wildman–Crippen MR) is 227 cm³/mol. The maximum atomic E-state index is 5.56. The zero-order valence-electron chi connectivity index (χ0n) is 33.2. The molecule has 0 amide bonds. The molecule has 4 heterocycles. The van der Waals surface area contributed by atoms with Crippen LogP contribution in [0.3, 0.4) is 0 Å². The summed E-state index contributed by atoms with van der Waals surface area (Å²) in [7, 11) is 3.33. The van der Waals surface area contributed by atoms with Crippen molar-refractivity contribution in [1.82, 2.24) is 29.7 Å². The summed E-state index contributed by atoms with van der Waals surface area (Å²) in [6, 6.07) is 33.1. The Morgan fingerprint density at radius 3 is 1.14 bits per heavy atom. The molecule has 0 N–H and O–H groups in total. The first-order valence-electron chi connectivity index (χ1n) is 19.9. The summed E-state index contributed by atoms with van der Waals surface area (Å²) in [6.07, 6.45) is 9.31. The van der Waals surface area contributed by atoms with Crippen LogP contribution in [0, 0.1) is 0 Å². The van der Waals surface area contributed by atoms with Crippen molar-refractivity contribution in [3.63, 3.8) is 0 Å². The van der Waals surface area contributed by atoms with E-state index in [1.54, 1.807) is 14.2 Å². The normalized spacial score (nSPS) is 14.9. The monoisotopic (exact) mass is 778 g/mol. The highest BCUT2D eigenvalue weighted by atomic mass is 16.5. The third kappa shape index (κ3) is 9.60. The molecule has 0 atom stereocenters. The molecule has 6 aromatic rings. The smallest absolute Gasteiger partial charge is 0.249 e. The van der Waals surface area contributed by atoms with Crippen molar-refractivity contribution in [2.45, 2.75) is 12.8 Å². The molecule has 298 valence electrons. The third-order valence-electron chi connectivity index (χ3n) is 10.7. The van der Waals surface area contributed by atoms with Crippen LogP contribution in [0.15, 0.2) is 122 Å². The van der Waals surface area contributed by atoms with E-state index in [1.807, 2.05) is 83.3 Å². The highest BCUT2D eigenvalue weighted by molar-refractivity contribution is 5.74. The molecule has 12 nitrogen and oxygen atoms in total. The van der Waals surface area contributed by atoms with Crippen LogP contribution in [-0.2, 0) is 22.3 Å². The Morgan fingerprint density at radius 1 is 0.466 bits per heavy atom. The third-order valence-corrected chi connectivity index (χ3v) is 10.7. The number of hydrogen-bond acceptors (Lipinski definition) is 12. The molecular formula is C46H50N8O4. The molecule has 0 radical (unpaired) electrons. The van der Waals surface area contributed by atoms with Gasteiger partial charge in [-0.2, -0.15) is 0 Å². The summed E-state index contributed by atoms with van der Waals surface area (Å²) in [4.78, 5) is 24.9. The minimum atomic E-state index is 0.470. The second-order valence-electron chi connectivity index (χ2n) is 14.4. The lowest BCUT2D eigenvalue weighted by Crippen LogP contribution is -2.38. The molecular weight excluding hydrogens is 729 g/mol. The minimum Gasteiger partial charge on any atom is -0.497 e. The van der Waals surface area contributed by atoms with E-state index in [-0.39, 0.29) is 0 Å². The van der Waals surface area contributed by atoms with Gasteiger partial charge in [0.25, 0.3) is 0 Å². The number of hydrogen-bond donors (Lipinski definition) is 0. The lowest BCUT2D eigenvalue weighted by Gasteiger charge is -2.35. The lowest BCUT2D eigenvalue weighted by atomic mass is 10.1. The average Bonchev–Trinajstić information content (AvgIpc) is 3.31. The summed E-state index contributed by atoms with van der Waals surface area (Å²) in [5.74, 6) is 2.53. The molecule has 0 spiro atoms. The van der Waals surface area contributed by atoms with Crippen molar-refractivity contribution in [3.8, 4) is 33.8 Å².